The Morgan fingerprint density at radius 3 is 2.88 bits per heavy atom. The molecule has 1 fully saturated rings. The van der Waals surface area contributed by atoms with Crippen molar-refractivity contribution in [3.8, 4) is 5.75 Å². The van der Waals surface area contributed by atoms with Crippen molar-refractivity contribution < 1.29 is 27.4 Å². The minimum Gasteiger partial charge on any atom is -0.487 e. The maximum atomic E-state index is 14.0. The van der Waals surface area contributed by atoms with Crippen LogP contribution in [0.3, 0.4) is 0 Å². The van der Waals surface area contributed by atoms with Gasteiger partial charge in [-0.25, -0.2) is 27.6 Å². The van der Waals surface area contributed by atoms with Crippen LogP contribution in [-0.2, 0) is 10.0 Å². The summed E-state index contributed by atoms with van der Waals surface area (Å²) in [6.45, 7) is 2.29. The van der Waals surface area contributed by atoms with Gasteiger partial charge < -0.3 is 15.2 Å². The van der Waals surface area contributed by atoms with E-state index in [-0.39, 0.29) is 17.2 Å². The van der Waals surface area contributed by atoms with Crippen molar-refractivity contribution in [2.45, 2.75) is 25.9 Å². The van der Waals surface area contributed by atoms with Crippen LogP contribution in [0.4, 0.5) is 15.9 Å². The summed E-state index contributed by atoms with van der Waals surface area (Å²) in [5, 5.41) is 13.1. The van der Waals surface area contributed by atoms with Crippen molar-refractivity contribution in [1.29, 1.82) is 0 Å². The molecule has 32 heavy (non-hydrogen) atoms. The van der Waals surface area contributed by atoms with Crippen molar-refractivity contribution in [3.05, 3.63) is 40.8 Å². The molecule has 1 aliphatic heterocycles. The second kappa shape index (κ2) is 8.60. The number of carboxylic acids is 1. The number of ether oxygens (including phenoxy) is 1. The molecule has 2 aromatic heterocycles. The quantitative estimate of drug-likeness (QED) is 0.551. The molecule has 0 unspecified atom stereocenters. The number of sulfonamides is 1. The first-order valence-corrected chi connectivity index (χ1v) is 12.5. The molecule has 0 bridgehead atoms. The molecule has 1 aromatic carbocycles. The second-order valence-corrected chi connectivity index (χ2v) is 10.5. The Balaban J connectivity index is 1.66. The van der Waals surface area contributed by atoms with Crippen LogP contribution in [0.15, 0.2) is 24.5 Å². The Morgan fingerprint density at radius 2 is 2.16 bits per heavy atom. The molecule has 2 N–H and O–H groups in total. The van der Waals surface area contributed by atoms with Crippen molar-refractivity contribution in [1.82, 2.24) is 14.3 Å². The van der Waals surface area contributed by atoms with Crippen LogP contribution in [-0.4, -0.2) is 59.2 Å². The molecule has 0 radical (unpaired) electrons. The predicted molar refractivity (Wildman–Crippen MR) is 119 cm³/mol. The zero-order valence-corrected chi connectivity index (χ0v) is 19.0. The summed E-state index contributed by atoms with van der Waals surface area (Å²) >= 11 is 1.05. The summed E-state index contributed by atoms with van der Waals surface area (Å²) in [5.41, 5.74) is 0.951. The molecule has 4 rings (SSSR count). The molecule has 0 spiro atoms. The fourth-order valence-corrected chi connectivity index (χ4v) is 5.56. The summed E-state index contributed by atoms with van der Waals surface area (Å²) in [5.74, 6) is -0.971. The molecule has 1 aliphatic rings. The number of rotatable bonds is 6. The van der Waals surface area contributed by atoms with E-state index in [1.807, 2.05) is 0 Å². The van der Waals surface area contributed by atoms with Gasteiger partial charge >= 0.3 is 5.97 Å². The fourth-order valence-electron chi connectivity index (χ4n) is 3.68. The number of thiophene rings is 1. The summed E-state index contributed by atoms with van der Waals surface area (Å²) in [7, 11) is -3.35. The average Bonchev–Trinajstić information content (AvgIpc) is 3.07. The number of halogens is 1. The number of fused-ring (bicyclic) bond motifs is 1. The minimum absolute atomic E-state index is 0.169. The smallest absolute Gasteiger partial charge is 0.346 e. The first-order valence-electron chi connectivity index (χ1n) is 9.79. The Morgan fingerprint density at radius 1 is 1.38 bits per heavy atom. The largest absolute Gasteiger partial charge is 0.487 e. The number of aromatic carboxylic acids is 1. The normalized spacial score (nSPS) is 17.4. The number of anilines is 2. The molecule has 0 aliphatic carbocycles. The maximum Gasteiger partial charge on any atom is 0.346 e. The molecule has 1 saturated heterocycles. The highest BCUT2D eigenvalue weighted by Crippen LogP contribution is 2.37. The first kappa shape index (κ1) is 22.4. The molecule has 9 nitrogen and oxygen atoms in total. The average molecular weight is 481 g/mol. The maximum absolute atomic E-state index is 14.0. The summed E-state index contributed by atoms with van der Waals surface area (Å²) in [4.78, 5) is 20.6. The zero-order valence-electron chi connectivity index (χ0n) is 17.3. The molecular weight excluding hydrogens is 459 g/mol. The van der Waals surface area contributed by atoms with Gasteiger partial charge in [0.05, 0.1) is 23.9 Å². The van der Waals surface area contributed by atoms with Gasteiger partial charge in [0.1, 0.15) is 39.5 Å². The fraction of sp³-hybridized carbons (Fsp3) is 0.350. The third-order valence-corrected chi connectivity index (χ3v) is 7.68. The summed E-state index contributed by atoms with van der Waals surface area (Å²) < 4.78 is 45.2. The second-order valence-electron chi connectivity index (χ2n) is 7.53. The topological polar surface area (TPSA) is 122 Å². The van der Waals surface area contributed by atoms with E-state index in [1.165, 1.54) is 28.8 Å². The van der Waals surface area contributed by atoms with Crippen LogP contribution in [0.1, 0.15) is 28.1 Å². The Labute approximate surface area is 187 Å². The van der Waals surface area contributed by atoms with E-state index in [4.69, 9.17) is 4.74 Å². The van der Waals surface area contributed by atoms with Crippen molar-refractivity contribution >= 4 is 49.1 Å². The number of hydrogen-bond donors (Lipinski definition) is 2. The Hall–Kier alpha value is -2.83. The lowest BCUT2D eigenvalue weighted by Crippen LogP contribution is -2.43. The summed E-state index contributed by atoms with van der Waals surface area (Å²) in [6.07, 6.45) is 3.30. The van der Waals surface area contributed by atoms with Crippen LogP contribution in [0, 0.1) is 12.7 Å². The van der Waals surface area contributed by atoms with E-state index < -0.39 is 27.9 Å². The standard InChI is InChI=1S/C20H21FN4O5S2/c1-11-16-18(22-10-23-19(16)31-17(11)20(26)27)24-14-6-5-12(21)8-15(14)30-13-4-3-7-25(9-13)32(2,28)29/h5-6,8,10,13H,3-4,7,9H2,1-2H3,(H,26,27)(H,22,23,24)/t13-/m1/s1. The van der Waals surface area contributed by atoms with E-state index in [2.05, 4.69) is 15.3 Å². The van der Waals surface area contributed by atoms with Gasteiger partial charge in [-0.05, 0) is 37.5 Å². The van der Waals surface area contributed by atoms with Gasteiger partial charge in [-0.3, -0.25) is 0 Å². The number of aromatic nitrogens is 2. The van der Waals surface area contributed by atoms with E-state index in [1.54, 1.807) is 6.92 Å². The highest BCUT2D eigenvalue weighted by atomic mass is 32.2. The van der Waals surface area contributed by atoms with Gasteiger partial charge in [0, 0.05) is 12.6 Å². The summed E-state index contributed by atoms with van der Waals surface area (Å²) in [6, 6.07) is 3.99. The Bertz CT molecular complexity index is 1290. The molecule has 3 aromatic rings. The molecule has 1 atom stereocenters. The Kier molecular flexibility index (Phi) is 6.01. The van der Waals surface area contributed by atoms with Gasteiger partial charge in [-0.15, -0.1) is 11.3 Å². The highest BCUT2D eigenvalue weighted by molar-refractivity contribution is 7.88. The van der Waals surface area contributed by atoms with Crippen LogP contribution in [0.5, 0.6) is 5.75 Å². The van der Waals surface area contributed by atoms with Crippen LogP contribution < -0.4 is 10.1 Å². The first-order chi connectivity index (χ1) is 15.1. The molecular formula is C20H21FN4O5S2. The number of nitrogens with one attached hydrogen (secondary N) is 1. The molecule has 12 heteroatoms. The minimum atomic E-state index is -3.35. The lowest BCUT2D eigenvalue weighted by atomic mass is 10.1. The number of hydrogen-bond acceptors (Lipinski definition) is 8. The van der Waals surface area contributed by atoms with Crippen molar-refractivity contribution in [3.63, 3.8) is 0 Å². The number of carbonyl (C=O) groups is 1. The van der Waals surface area contributed by atoms with Gasteiger partial charge in [0.2, 0.25) is 10.0 Å². The number of carboxylic acid groups (broad SMARTS) is 1. The predicted octanol–water partition coefficient (Wildman–Crippen LogP) is 3.38. The molecule has 170 valence electrons. The molecule has 3 heterocycles. The van der Waals surface area contributed by atoms with E-state index in [0.717, 1.165) is 17.6 Å². The third-order valence-electron chi connectivity index (χ3n) is 5.22. The zero-order chi connectivity index (χ0) is 23.0. The van der Waals surface area contributed by atoms with Gasteiger partial charge in [-0.2, -0.15) is 4.31 Å². The van der Waals surface area contributed by atoms with Crippen molar-refractivity contribution in [2.75, 3.05) is 24.7 Å². The number of nitrogens with zero attached hydrogens (tertiary/aromatic N) is 3. The lowest BCUT2D eigenvalue weighted by molar-refractivity contribution is 0.0701. The van der Waals surface area contributed by atoms with Crippen LogP contribution in [0.25, 0.3) is 10.2 Å². The molecule has 0 saturated carbocycles. The number of aryl methyl sites for hydroxylation is 1. The highest BCUT2D eigenvalue weighted by Gasteiger charge is 2.28. The molecule has 0 amide bonds. The lowest BCUT2D eigenvalue weighted by Gasteiger charge is -2.31. The van der Waals surface area contributed by atoms with Gasteiger partial charge in [0.25, 0.3) is 0 Å². The van der Waals surface area contributed by atoms with Crippen molar-refractivity contribution in [2.24, 2.45) is 0 Å². The number of piperidine rings is 1. The van der Waals surface area contributed by atoms with Gasteiger partial charge in [0.15, 0.2) is 0 Å². The van der Waals surface area contributed by atoms with E-state index in [9.17, 15) is 22.7 Å². The number of benzene rings is 1. The van der Waals surface area contributed by atoms with E-state index in [0.29, 0.717) is 46.7 Å². The SMILES string of the molecule is Cc1c(C(=O)O)sc2ncnc(Nc3ccc(F)cc3O[C@@H]3CCCN(S(C)(=O)=O)C3)c12. The van der Waals surface area contributed by atoms with Gasteiger partial charge in [-0.1, -0.05) is 0 Å². The van der Waals surface area contributed by atoms with E-state index >= 15 is 0 Å². The monoisotopic (exact) mass is 480 g/mol. The van der Waals surface area contributed by atoms with Crippen LogP contribution >= 0.6 is 11.3 Å². The van der Waals surface area contributed by atoms with Crippen LogP contribution in [0.2, 0.25) is 0 Å². The third kappa shape index (κ3) is 4.52.